The maximum atomic E-state index is 12.1. The van der Waals surface area contributed by atoms with Crippen LogP contribution in [0.15, 0.2) is 47.8 Å². The Morgan fingerprint density at radius 3 is 2.62 bits per heavy atom. The molecule has 0 fully saturated rings. The zero-order valence-electron chi connectivity index (χ0n) is 11.7. The number of benzene rings is 1. The summed E-state index contributed by atoms with van der Waals surface area (Å²) in [6.45, 7) is 0. The molecule has 21 heavy (non-hydrogen) atoms. The van der Waals surface area contributed by atoms with Crippen molar-refractivity contribution in [3.05, 3.63) is 53.9 Å². The average molecular weight is 285 g/mol. The van der Waals surface area contributed by atoms with Crippen LogP contribution in [0.1, 0.15) is 15.9 Å². The highest BCUT2D eigenvalue weighted by molar-refractivity contribution is 5.97. The Hall–Kier alpha value is -2.89. The minimum Gasteiger partial charge on any atom is -0.497 e. The van der Waals surface area contributed by atoms with Crippen LogP contribution < -0.4 is 14.9 Å². The summed E-state index contributed by atoms with van der Waals surface area (Å²) in [6, 6.07) is 8.51. The molecule has 1 heterocycles. The van der Waals surface area contributed by atoms with Gasteiger partial charge in [0.05, 0.1) is 26.0 Å². The second kappa shape index (κ2) is 7.04. The van der Waals surface area contributed by atoms with Crippen molar-refractivity contribution in [3.8, 4) is 11.5 Å². The standard InChI is InChI=1S/C15H15N3O3/c1-20-12-3-4-13(14(9-12)21-2)15(19)18-17-10-11-5-7-16-8-6-11/h3-10H,1-2H3,(H,18,19)/b17-10+. The van der Waals surface area contributed by atoms with Crippen molar-refractivity contribution in [3.63, 3.8) is 0 Å². The van der Waals surface area contributed by atoms with Crippen molar-refractivity contribution >= 4 is 12.1 Å². The number of hydrogen-bond donors (Lipinski definition) is 1. The summed E-state index contributed by atoms with van der Waals surface area (Å²) < 4.78 is 10.3. The Bertz CT molecular complexity index is 642. The number of nitrogens with one attached hydrogen (secondary N) is 1. The molecule has 0 radical (unpaired) electrons. The number of nitrogens with zero attached hydrogens (tertiary/aromatic N) is 2. The van der Waals surface area contributed by atoms with Crippen molar-refractivity contribution in [1.29, 1.82) is 0 Å². The van der Waals surface area contributed by atoms with E-state index in [9.17, 15) is 4.79 Å². The lowest BCUT2D eigenvalue weighted by Gasteiger charge is -2.08. The van der Waals surface area contributed by atoms with Crippen LogP contribution >= 0.6 is 0 Å². The van der Waals surface area contributed by atoms with Gasteiger partial charge in [-0.3, -0.25) is 9.78 Å². The topological polar surface area (TPSA) is 72.8 Å². The predicted octanol–water partition coefficient (Wildman–Crippen LogP) is 1.86. The van der Waals surface area contributed by atoms with E-state index in [1.807, 2.05) is 0 Å². The number of hydrogen-bond acceptors (Lipinski definition) is 5. The first-order chi connectivity index (χ1) is 10.2. The molecule has 0 saturated heterocycles. The number of carbonyl (C=O) groups excluding carboxylic acids is 1. The fourth-order valence-corrected chi connectivity index (χ4v) is 1.66. The zero-order valence-corrected chi connectivity index (χ0v) is 11.7. The van der Waals surface area contributed by atoms with Crippen molar-refractivity contribution in [2.24, 2.45) is 5.10 Å². The van der Waals surface area contributed by atoms with Crippen LogP contribution in [0.5, 0.6) is 11.5 Å². The van der Waals surface area contributed by atoms with E-state index >= 15 is 0 Å². The summed E-state index contributed by atoms with van der Waals surface area (Å²) in [5.74, 6) is 0.675. The van der Waals surface area contributed by atoms with Gasteiger partial charge in [0.25, 0.3) is 5.91 Å². The molecule has 1 N–H and O–H groups in total. The Morgan fingerprint density at radius 1 is 1.19 bits per heavy atom. The molecule has 1 aromatic carbocycles. The molecule has 0 aliphatic rings. The molecule has 6 heteroatoms. The van der Waals surface area contributed by atoms with Crippen molar-refractivity contribution < 1.29 is 14.3 Å². The lowest BCUT2D eigenvalue weighted by molar-refractivity contribution is 0.0952. The third kappa shape index (κ3) is 3.79. The molecule has 0 aliphatic carbocycles. The van der Waals surface area contributed by atoms with Crippen LogP contribution in [0.4, 0.5) is 0 Å². The second-order valence-corrected chi connectivity index (χ2v) is 4.05. The Balaban J connectivity index is 2.08. The van der Waals surface area contributed by atoms with E-state index in [1.165, 1.54) is 13.3 Å². The predicted molar refractivity (Wildman–Crippen MR) is 78.8 cm³/mol. The number of amides is 1. The smallest absolute Gasteiger partial charge is 0.275 e. The first kappa shape index (κ1) is 14.5. The third-order valence-electron chi connectivity index (χ3n) is 2.74. The summed E-state index contributed by atoms with van der Waals surface area (Å²) in [7, 11) is 3.04. The van der Waals surface area contributed by atoms with Crippen LogP contribution in [0.3, 0.4) is 0 Å². The van der Waals surface area contributed by atoms with Gasteiger partial charge in [-0.2, -0.15) is 5.10 Å². The molecule has 6 nitrogen and oxygen atoms in total. The van der Waals surface area contributed by atoms with Gasteiger partial charge in [-0.1, -0.05) is 0 Å². The molecule has 0 saturated carbocycles. The first-order valence-corrected chi connectivity index (χ1v) is 6.20. The third-order valence-corrected chi connectivity index (χ3v) is 2.74. The molecule has 2 rings (SSSR count). The summed E-state index contributed by atoms with van der Waals surface area (Å²) in [4.78, 5) is 16.0. The van der Waals surface area contributed by atoms with E-state index in [0.29, 0.717) is 17.1 Å². The number of ether oxygens (including phenoxy) is 2. The molecular formula is C15H15N3O3. The minimum absolute atomic E-state index is 0.361. The number of hydrazone groups is 1. The van der Waals surface area contributed by atoms with Crippen molar-refractivity contribution in [2.75, 3.05) is 14.2 Å². The van der Waals surface area contributed by atoms with Gasteiger partial charge in [-0.05, 0) is 29.8 Å². The van der Waals surface area contributed by atoms with Gasteiger partial charge in [0.1, 0.15) is 11.5 Å². The molecule has 2 aromatic rings. The van der Waals surface area contributed by atoms with E-state index in [0.717, 1.165) is 5.56 Å². The zero-order chi connectivity index (χ0) is 15.1. The van der Waals surface area contributed by atoms with Crippen molar-refractivity contribution in [1.82, 2.24) is 10.4 Å². The fourth-order valence-electron chi connectivity index (χ4n) is 1.66. The SMILES string of the molecule is COc1ccc(C(=O)N/N=C/c2ccncc2)c(OC)c1. The fraction of sp³-hybridized carbons (Fsp3) is 0.133. The van der Waals surface area contributed by atoms with Crippen LogP contribution in [0.25, 0.3) is 0 Å². The highest BCUT2D eigenvalue weighted by Gasteiger charge is 2.12. The highest BCUT2D eigenvalue weighted by Crippen LogP contribution is 2.24. The maximum Gasteiger partial charge on any atom is 0.275 e. The van der Waals surface area contributed by atoms with Crippen LogP contribution in [-0.4, -0.2) is 31.3 Å². The number of methoxy groups -OCH3 is 2. The first-order valence-electron chi connectivity index (χ1n) is 6.20. The van der Waals surface area contributed by atoms with E-state index in [2.05, 4.69) is 15.5 Å². The van der Waals surface area contributed by atoms with Crippen LogP contribution in [0.2, 0.25) is 0 Å². The average Bonchev–Trinajstić information content (AvgIpc) is 2.55. The molecule has 0 spiro atoms. The molecule has 0 aliphatic heterocycles. The molecular weight excluding hydrogens is 270 g/mol. The number of carbonyl (C=O) groups is 1. The Morgan fingerprint density at radius 2 is 1.95 bits per heavy atom. The van der Waals surface area contributed by atoms with Gasteiger partial charge in [0.15, 0.2) is 0 Å². The summed E-state index contributed by atoms with van der Waals surface area (Å²) >= 11 is 0. The summed E-state index contributed by atoms with van der Waals surface area (Å²) in [5.41, 5.74) is 3.67. The van der Waals surface area contributed by atoms with E-state index in [1.54, 1.807) is 49.8 Å². The van der Waals surface area contributed by atoms with Crippen LogP contribution in [0, 0.1) is 0 Å². The molecule has 108 valence electrons. The van der Waals surface area contributed by atoms with Crippen molar-refractivity contribution in [2.45, 2.75) is 0 Å². The van der Waals surface area contributed by atoms with Crippen LogP contribution in [-0.2, 0) is 0 Å². The quantitative estimate of drug-likeness (QED) is 0.672. The van der Waals surface area contributed by atoms with Gasteiger partial charge < -0.3 is 9.47 Å². The molecule has 0 unspecified atom stereocenters. The minimum atomic E-state index is -0.361. The van der Waals surface area contributed by atoms with Gasteiger partial charge in [-0.15, -0.1) is 0 Å². The number of aromatic nitrogens is 1. The van der Waals surface area contributed by atoms with E-state index in [4.69, 9.17) is 9.47 Å². The largest absolute Gasteiger partial charge is 0.497 e. The second-order valence-electron chi connectivity index (χ2n) is 4.05. The normalized spacial score (nSPS) is 10.4. The number of rotatable bonds is 5. The molecule has 1 amide bonds. The van der Waals surface area contributed by atoms with E-state index < -0.39 is 0 Å². The highest BCUT2D eigenvalue weighted by atomic mass is 16.5. The number of pyridine rings is 1. The Kier molecular flexibility index (Phi) is 4.87. The van der Waals surface area contributed by atoms with Gasteiger partial charge in [-0.25, -0.2) is 5.43 Å². The summed E-state index contributed by atoms with van der Waals surface area (Å²) in [5, 5.41) is 3.90. The molecule has 0 bridgehead atoms. The Labute approximate surface area is 122 Å². The monoisotopic (exact) mass is 285 g/mol. The van der Waals surface area contributed by atoms with E-state index in [-0.39, 0.29) is 5.91 Å². The lowest BCUT2D eigenvalue weighted by atomic mass is 10.2. The van der Waals surface area contributed by atoms with Gasteiger partial charge in [0.2, 0.25) is 0 Å². The molecule has 0 atom stereocenters. The maximum absolute atomic E-state index is 12.1. The molecule has 1 aromatic heterocycles. The van der Waals surface area contributed by atoms with Gasteiger partial charge >= 0.3 is 0 Å². The lowest BCUT2D eigenvalue weighted by Crippen LogP contribution is -2.18. The van der Waals surface area contributed by atoms with Gasteiger partial charge in [0, 0.05) is 18.5 Å². The summed E-state index contributed by atoms with van der Waals surface area (Å²) in [6.07, 6.45) is 4.83.